The Morgan fingerprint density at radius 2 is 1.79 bits per heavy atom. The lowest BCUT2D eigenvalue weighted by atomic mass is 9.90. The number of aryl methyl sites for hydroxylation is 1. The molecule has 0 radical (unpaired) electrons. The maximum Gasteiger partial charge on any atom is 0.338 e. The third kappa shape index (κ3) is 2.01. The van der Waals surface area contributed by atoms with Crippen LogP contribution >= 0.6 is 0 Å². The van der Waals surface area contributed by atoms with Crippen molar-refractivity contribution in [1.29, 1.82) is 0 Å². The van der Waals surface area contributed by atoms with Crippen molar-refractivity contribution < 1.29 is 14.3 Å². The van der Waals surface area contributed by atoms with E-state index < -0.39 is 0 Å². The lowest BCUT2D eigenvalue weighted by molar-refractivity contribution is -0.130. The number of rotatable bonds is 3. The summed E-state index contributed by atoms with van der Waals surface area (Å²) >= 11 is 0. The zero-order chi connectivity index (χ0) is 17.0. The van der Waals surface area contributed by atoms with Gasteiger partial charge < -0.3 is 9.47 Å². The van der Waals surface area contributed by atoms with Gasteiger partial charge in [-0.1, -0.05) is 36.4 Å². The Morgan fingerprint density at radius 3 is 2.42 bits per heavy atom. The van der Waals surface area contributed by atoms with Gasteiger partial charge in [0.15, 0.2) is 0 Å². The smallest absolute Gasteiger partial charge is 0.338 e. The van der Waals surface area contributed by atoms with Gasteiger partial charge in [-0.15, -0.1) is 0 Å². The molecule has 0 fully saturated rings. The number of benzene rings is 2. The minimum Gasteiger partial charge on any atom is -0.496 e. The minimum absolute atomic E-state index is 0.289. The molecule has 0 saturated heterocycles. The van der Waals surface area contributed by atoms with Crippen molar-refractivity contribution in [3.8, 4) is 11.5 Å². The fraction of sp³-hybridized carbons (Fsp3) is 0.286. The number of esters is 1. The molecule has 0 aliphatic heterocycles. The van der Waals surface area contributed by atoms with Crippen molar-refractivity contribution in [2.45, 2.75) is 32.1 Å². The summed E-state index contributed by atoms with van der Waals surface area (Å²) in [5, 5.41) is 1.92. The summed E-state index contributed by atoms with van der Waals surface area (Å²) < 4.78 is 11.6. The summed E-state index contributed by atoms with van der Waals surface area (Å²) in [4.78, 5) is 12.2. The molecule has 2 unspecified atom stereocenters. The van der Waals surface area contributed by atoms with Gasteiger partial charge in [0.1, 0.15) is 11.5 Å². The van der Waals surface area contributed by atoms with Crippen LogP contribution in [0.1, 0.15) is 41.9 Å². The predicted octanol–water partition coefficient (Wildman–Crippen LogP) is 4.78. The van der Waals surface area contributed by atoms with E-state index in [2.05, 4.69) is 31.7 Å². The number of methoxy groups -OCH3 is 1. The number of carbonyl (C=O) groups is 1. The Bertz CT molecular complexity index is 921. The Labute approximate surface area is 141 Å². The highest BCUT2D eigenvalue weighted by Crippen LogP contribution is 2.58. The van der Waals surface area contributed by atoms with Crippen LogP contribution in [0.3, 0.4) is 0 Å². The molecule has 0 spiro atoms. The van der Waals surface area contributed by atoms with E-state index in [4.69, 9.17) is 9.47 Å². The van der Waals surface area contributed by atoms with Crippen molar-refractivity contribution in [2.24, 2.45) is 0 Å². The molecule has 3 heteroatoms. The van der Waals surface area contributed by atoms with Gasteiger partial charge in [0.2, 0.25) is 0 Å². The highest BCUT2D eigenvalue weighted by atomic mass is 16.5. The zero-order valence-corrected chi connectivity index (χ0v) is 14.2. The summed E-state index contributed by atoms with van der Waals surface area (Å²) in [5.74, 6) is 1.84. The Balaban J connectivity index is 2.06. The standard InChI is InChI=1S/C21H20O3/c1-11(2)21(22)24-20-15-8-5-12(3)9-16(15)19(23-4)17-13-6-7-14(10-13)18(17)20/h5-9,13-14H,1,10H2,2-4H3. The summed E-state index contributed by atoms with van der Waals surface area (Å²) in [5.41, 5.74) is 3.83. The zero-order valence-electron chi connectivity index (χ0n) is 14.2. The fourth-order valence-electron chi connectivity index (χ4n) is 3.95. The third-order valence-electron chi connectivity index (χ3n) is 5.02. The van der Waals surface area contributed by atoms with E-state index in [9.17, 15) is 4.79 Å². The van der Waals surface area contributed by atoms with Gasteiger partial charge in [0, 0.05) is 39.3 Å². The monoisotopic (exact) mass is 320 g/mol. The molecule has 122 valence electrons. The van der Waals surface area contributed by atoms with Gasteiger partial charge in [-0.2, -0.15) is 0 Å². The van der Waals surface area contributed by atoms with E-state index in [1.54, 1.807) is 14.0 Å². The highest BCUT2D eigenvalue weighted by Gasteiger charge is 2.40. The largest absolute Gasteiger partial charge is 0.496 e. The molecular weight excluding hydrogens is 300 g/mol. The van der Waals surface area contributed by atoms with Gasteiger partial charge in [-0.25, -0.2) is 4.79 Å². The van der Waals surface area contributed by atoms with Gasteiger partial charge in [-0.05, 0) is 26.3 Å². The molecule has 0 amide bonds. The maximum atomic E-state index is 12.2. The average molecular weight is 320 g/mol. The van der Waals surface area contributed by atoms with Crippen molar-refractivity contribution in [2.75, 3.05) is 7.11 Å². The molecule has 2 aliphatic carbocycles. The summed E-state index contributed by atoms with van der Waals surface area (Å²) in [7, 11) is 1.71. The molecule has 2 aliphatic rings. The first-order valence-corrected chi connectivity index (χ1v) is 8.21. The van der Waals surface area contributed by atoms with Crippen LogP contribution in [0.15, 0.2) is 42.5 Å². The van der Waals surface area contributed by atoms with Crippen molar-refractivity contribution in [1.82, 2.24) is 0 Å². The van der Waals surface area contributed by atoms with Crippen LogP contribution in [0.5, 0.6) is 11.5 Å². The third-order valence-corrected chi connectivity index (χ3v) is 5.02. The van der Waals surface area contributed by atoms with Crippen LogP contribution in [0, 0.1) is 6.92 Å². The number of hydrogen-bond donors (Lipinski definition) is 0. The second-order valence-electron chi connectivity index (χ2n) is 6.74. The van der Waals surface area contributed by atoms with Crippen LogP contribution in [-0.2, 0) is 4.79 Å². The first-order chi connectivity index (χ1) is 11.5. The summed E-state index contributed by atoms with van der Waals surface area (Å²) in [6, 6.07) is 6.15. The van der Waals surface area contributed by atoms with E-state index in [-0.39, 0.29) is 11.9 Å². The number of fused-ring (bicyclic) bond motifs is 6. The van der Waals surface area contributed by atoms with Gasteiger partial charge in [0.25, 0.3) is 0 Å². The van der Waals surface area contributed by atoms with Gasteiger partial charge in [-0.3, -0.25) is 0 Å². The lowest BCUT2D eigenvalue weighted by Gasteiger charge is -2.22. The quantitative estimate of drug-likeness (QED) is 0.353. The first kappa shape index (κ1) is 15.0. The van der Waals surface area contributed by atoms with E-state index >= 15 is 0 Å². The number of ether oxygens (including phenoxy) is 2. The molecule has 0 aromatic heterocycles. The number of allylic oxidation sites excluding steroid dienone is 2. The number of carbonyl (C=O) groups excluding carboxylic acids is 1. The fourth-order valence-corrected chi connectivity index (χ4v) is 3.95. The van der Waals surface area contributed by atoms with E-state index in [0.717, 1.165) is 34.1 Å². The molecule has 0 saturated carbocycles. The van der Waals surface area contributed by atoms with Crippen molar-refractivity contribution in [3.63, 3.8) is 0 Å². The predicted molar refractivity (Wildman–Crippen MR) is 94.9 cm³/mol. The van der Waals surface area contributed by atoms with Crippen LogP contribution in [0.4, 0.5) is 0 Å². The highest BCUT2D eigenvalue weighted by molar-refractivity contribution is 6.00. The lowest BCUT2D eigenvalue weighted by Crippen LogP contribution is -2.12. The molecular formula is C21H20O3. The molecule has 2 aromatic carbocycles. The maximum absolute atomic E-state index is 12.2. The first-order valence-electron chi connectivity index (χ1n) is 8.21. The van der Waals surface area contributed by atoms with Crippen LogP contribution in [-0.4, -0.2) is 13.1 Å². The Morgan fingerprint density at radius 1 is 1.12 bits per heavy atom. The topological polar surface area (TPSA) is 35.5 Å². The molecule has 2 bridgehead atoms. The molecule has 3 nitrogen and oxygen atoms in total. The second kappa shape index (κ2) is 5.23. The molecule has 24 heavy (non-hydrogen) atoms. The Hall–Kier alpha value is -2.55. The number of hydrogen-bond acceptors (Lipinski definition) is 3. The minimum atomic E-state index is -0.379. The van der Waals surface area contributed by atoms with Crippen LogP contribution in [0.2, 0.25) is 0 Å². The van der Waals surface area contributed by atoms with Crippen LogP contribution in [0.25, 0.3) is 10.8 Å². The van der Waals surface area contributed by atoms with E-state index in [0.29, 0.717) is 17.2 Å². The SMILES string of the molecule is C=C(C)C(=O)Oc1c2c(c(OC)c3cc(C)ccc13)C1C=CC2C1. The van der Waals surface area contributed by atoms with Crippen molar-refractivity contribution in [3.05, 3.63) is 59.2 Å². The van der Waals surface area contributed by atoms with E-state index in [1.807, 2.05) is 12.1 Å². The van der Waals surface area contributed by atoms with Crippen LogP contribution < -0.4 is 9.47 Å². The normalized spacial score (nSPS) is 20.3. The van der Waals surface area contributed by atoms with E-state index in [1.165, 1.54) is 5.56 Å². The second-order valence-corrected chi connectivity index (χ2v) is 6.74. The molecule has 2 atom stereocenters. The summed E-state index contributed by atoms with van der Waals surface area (Å²) in [6.45, 7) is 7.43. The van der Waals surface area contributed by atoms with Gasteiger partial charge in [0.05, 0.1) is 7.11 Å². The molecule has 4 rings (SSSR count). The Kier molecular flexibility index (Phi) is 3.27. The summed E-state index contributed by atoms with van der Waals surface area (Å²) in [6.07, 6.45) is 5.48. The molecule has 0 heterocycles. The van der Waals surface area contributed by atoms with Crippen molar-refractivity contribution >= 4 is 16.7 Å². The molecule has 0 N–H and O–H groups in total. The average Bonchev–Trinajstić information content (AvgIpc) is 3.16. The molecule has 2 aromatic rings. The van der Waals surface area contributed by atoms with Gasteiger partial charge >= 0.3 is 5.97 Å².